The predicted octanol–water partition coefficient (Wildman–Crippen LogP) is 3.24. The van der Waals surface area contributed by atoms with Gasteiger partial charge in [-0.05, 0) is 49.2 Å². The summed E-state index contributed by atoms with van der Waals surface area (Å²) in [5, 5.41) is 9.04. The largest absolute Gasteiger partial charge is 0.355 e. The first-order valence-corrected chi connectivity index (χ1v) is 10.5. The van der Waals surface area contributed by atoms with E-state index in [1.54, 1.807) is 0 Å². The highest BCUT2D eigenvalue weighted by molar-refractivity contribution is 5.83. The summed E-state index contributed by atoms with van der Waals surface area (Å²) in [5.74, 6) is 1.81. The van der Waals surface area contributed by atoms with Crippen molar-refractivity contribution < 1.29 is 0 Å². The number of nitrogens with one attached hydrogen (secondary N) is 1. The van der Waals surface area contributed by atoms with E-state index in [0.29, 0.717) is 0 Å². The minimum Gasteiger partial charge on any atom is -0.355 e. The van der Waals surface area contributed by atoms with Gasteiger partial charge in [0.05, 0.1) is 17.4 Å². The third-order valence-electron chi connectivity index (χ3n) is 5.55. The molecular weight excluding hydrogens is 374 g/mol. The molecule has 1 fully saturated rings. The van der Waals surface area contributed by atoms with E-state index in [-0.39, 0.29) is 0 Å². The van der Waals surface area contributed by atoms with E-state index < -0.39 is 0 Å². The molecule has 1 saturated heterocycles. The van der Waals surface area contributed by atoms with Gasteiger partial charge in [0.15, 0.2) is 5.82 Å². The number of rotatable bonds is 4. The Balaban J connectivity index is 1.54. The normalized spacial score (nSPS) is 14.8. The molecular formula is C23H25N7. The zero-order chi connectivity index (χ0) is 20.3. The number of hydrogen-bond acceptors (Lipinski definition) is 6. The lowest BCUT2D eigenvalue weighted by Gasteiger charge is -2.21. The summed E-state index contributed by atoms with van der Waals surface area (Å²) in [7, 11) is 0. The first kappa shape index (κ1) is 18.7. The molecule has 5 rings (SSSR count). The second-order valence-corrected chi connectivity index (χ2v) is 7.56. The van der Waals surface area contributed by atoms with E-state index in [1.165, 1.54) is 5.56 Å². The third kappa shape index (κ3) is 3.64. The molecule has 30 heavy (non-hydrogen) atoms. The van der Waals surface area contributed by atoms with Gasteiger partial charge in [-0.3, -0.25) is 9.97 Å². The number of fused-ring (bicyclic) bond motifs is 1. The Morgan fingerprint density at radius 3 is 2.87 bits per heavy atom. The number of aryl methyl sites for hydroxylation is 1. The number of pyridine rings is 3. The molecule has 152 valence electrons. The molecule has 0 bridgehead atoms. The summed E-state index contributed by atoms with van der Waals surface area (Å²) < 4.78 is 1.90. The average molecular weight is 400 g/mol. The number of hydrogen-bond donors (Lipinski definition) is 1. The second kappa shape index (κ2) is 8.20. The van der Waals surface area contributed by atoms with Gasteiger partial charge in [0.1, 0.15) is 5.82 Å². The Bertz CT molecular complexity index is 1160. The van der Waals surface area contributed by atoms with E-state index >= 15 is 0 Å². The van der Waals surface area contributed by atoms with Crippen LogP contribution in [0, 0.1) is 0 Å². The minimum absolute atomic E-state index is 0.817. The molecule has 1 aliphatic heterocycles. The van der Waals surface area contributed by atoms with Crippen LogP contribution in [0.4, 0.5) is 5.82 Å². The highest BCUT2D eigenvalue weighted by Crippen LogP contribution is 2.24. The Hall–Kier alpha value is -3.32. The van der Waals surface area contributed by atoms with Crippen molar-refractivity contribution in [2.45, 2.75) is 19.8 Å². The molecule has 0 aromatic carbocycles. The molecule has 0 saturated carbocycles. The van der Waals surface area contributed by atoms with Crippen LogP contribution in [0.3, 0.4) is 0 Å². The molecule has 4 aromatic rings. The topological polar surface area (TPSA) is 71.8 Å². The molecule has 5 heterocycles. The minimum atomic E-state index is 0.817. The van der Waals surface area contributed by atoms with E-state index in [2.05, 4.69) is 56.5 Å². The summed E-state index contributed by atoms with van der Waals surface area (Å²) in [6.45, 7) is 6.15. The van der Waals surface area contributed by atoms with E-state index in [1.807, 2.05) is 35.5 Å². The van der Waals surface area contributed by atoms with Crippen LogP contribution in [0.15, 0.2) is 55.1 Å². The van der Waals surface area contributed by atoms with E-state index in [0.717, 1.165) is 72.8 Å². The summed E-state index contributed by atoms with van der Waals surface area (Å²) in [4.78, 5) is 16.3. The van der Waals surface area contributed by atoms with Gasteiger partial charge in [-0.15, -0.1) is 0 Å². The summed E-state index contributed by atoms with van der Waals surface area (Å²) in [6.07, 6.45) is 9.55. The van der Waals surface area contributed by atoms with Gasteiger partial charge < -0.3 is 10.2 Å². The molecule has 1 aliphatic rings. The lowest BCUT2D eigenvalue weighted by atomic mass is 10.1. The maximum atomic E-state index is 4.93. The molecule has 1 N–H and O–H groups in total. The Morgan fingerprint density at radius 1 is 1.00 bits per heavy atom. The molecule has 0 amide bonds. The van der Waals surface area contributed by atoms with Gasteiger partial charge >= 0.3 is 0 Å². The lowest BCUT2D eigenvalue weighted by molar-refractivity contribution is 0.724. The van der Waals surface area contributed by atoms with Crippen molar-refractivity contribution in [2.75, 3.05) is 31.1 Å². The van der Waals surface area contributed by atoms with Crippen LogP contribution < -0.4 is 10.2 Å². The Kier molecular flexibility index (Phi) is 5.11. The van der Waals surface area contributed by atoms with Crippen molar-refractivity contribution >= 4 is 16.7 Å². The highest BCUT2D eigenvalue weighted by Gasteiger charge is 2.14. The fourth-order valence-electron chi connectivity index (χ4n) is 3.86. The zero-order valence-corrected chi connectivity index (χ0v) is 17.1. The summed E-state index contributed by atoms with van der Waals surface area (Å²) in [5.41, 5.74) is 4.10. The van der Waals surface area contributed by atoms with Gasteiger partial charge in [0, 0.05) is 49.2 Å². The van der Waals surface area contributed by atoms with Gasteiger partial charge in [0.25, 0.3) is 0 Å². The van der Waals surface area contributed by atoms with Crippen molar-refractivity contribution in [2.24, 2.45) is 0 Å². The van der Waals surface area contributed by atoms with Crippen LogP contribution in [0.1, 0.15) is 18.9 Å². The lowest BCUT2D eigenvalue weighted by Crippen LogP contribution is -2.28. The number of anilines is 1. The van der Waals surface area contributed by atoms with E-state index in [4.69, 9.17) is 4.98 Å². The summed E-state index contributed by atoms with van der Waals surface area (Å²) >= 11 is 0. The van der Waals surface area contributed by atoms with Gasteiger partial charge in [-0.2, -0.15) is 5.10 Å². The molecule has 7 heteroatoms. The average Bonchev–Trinajstić information content (AvgIpc) is 3.03. The molecule has 0 spiro atoms. The molecule has 0 atom stereocenters. The molecule has 4 aromatic heterocycles. The fraction of sp³-hybridized carbons (Fsp3) is 0.304. The van der Waals surface area contributed by atoms with Crippen molar-refractivity contribution in [3.05, 3.63) is 60.7 Å². The summed E-state index contributed by atoms with van der Waals surface area (Å²) in [6, 6.07) is 10.4. The van der Waals surface area contributed by atoms with Crippen LogP contribution >= 0.6 is 0 Å². The van der Waals surface area contributed by atoms with Gasteiger partial charge in [0.2, 0.25) is 0 Å². The van der Waals surface area contributed by atoms with Crippen LogP contribution in [0.5, 0.6) is 0 Å². The van der Waals surface area contributed by atoms with Crippen molar-refractivity contribution in [3.8, 4) is 17.1 Å². The number of nitrogens with zero attached hydrogens (tertiary/aromatic N) is 6. The van der Waals surface area contributed by atoms with E-state index in [9.17, 15) is 0 Å². The maximum absolute atomic E-state index is 4.93. The third-order valence-corrected chi connectivity index (χ3v) is 5.55. The SMILES string of the molecule is CCc1cncc(-c2cc3c(cn2)cnn3-c2cccc(N3CCCNCC3)n2)c1. The predicted molar refractivity (Wildman–Crippen MR) is 119 cm³/mol. The zero-order valence-electron chi connectivity index (χ0n) is 17.1. The van der Waals surface area contributed by atoms with Gasteiger partial charge in [-0.1, -0.05) is 13.0 Å². The first-order chi connectivity index (χ1) is 14.8. The van der Waals surface area contributed by atoms with Crippen molar-refractivity contribution in [1.82, 2.24) is 30.0 Å². The Morgan fingerprint density at radius 2 is 1.93 bits per heavy atom. The van der Waals surface area contributed by atoms with Crippen LogP contribution in [0.25, 0.3) is 28.0 Å². The molecule has 0 radical (unpaired) electrons. The van der Waals surface area contributed by atoms with Crippen molar-refractivity contribution in [1.29, 1.82) is 0 Å². The smallest absolute Gasteiger partial charge is 0.156 e. The monoisotopic (exact) mass is 399 g/mol. The molecule has 0 aliphatic carbocycles. The van der Waals surface area contributed by atoms with Crippen LogP contribution in [0.2, 0.25) is 0 Å². The molecule has 7 nitrogen and oxygen atoms in total. The van der Waals surface area contributed by atoms with Crippen LogP contribution in [-0.2, 0) is 6.42 Å². The van der Waals surface area contributed by atoms with Crippen LogP contribution in [-0.4, -0.2) is 50.9 Å². The standard InChI is InChI=1S/C23H25N7/c1-2-17-11-18(14-25-13-17)20-12-21-19(15-26-20)16-27-30(21)23-6-3-5-22(28-23)29-9-4-7-24-8-10-29/h3,5-6,11-16,24H,2,4,7-10H2,1H3. The van der Waals surface area contributed by atoms with Crippen molar-refractivity contribution in [3.63, 3.8) is 0 Å². The Labute approximate surface area is 175 Å². The quantitative estimate of drug-likeness (QED) is 0.568. The first-order valence-electron chi connectivity index (χ1n) is 10.5. The molecule has 0 unspecified atom stereocenters. The second-order valence-electron chi connectivity index (χ2n) is 7.56. The van der Waals surface area contributed by atoms with Gasteiger partial charge in [-0.25, -0.2) is 9.67 Å². The number of aromatic nitrogens is 5. The fourth-order valence-corrected chi connectivity index (χ4v) is 3.86. The highest BCUT2D eigenvalue weighted by atomic mass is 15.3. The maximum Gasteiger partial charge on any atom is 0.156 e.